The van der Waals surface area contributed by atoms with E-state index in [0.29, 0.717) is 37.2 Å². The van der Waals surface area contributed by atoms with Gasteiger partial charge in [-0.15, -0.1) is 0 Å². The second kappa shape index (κ2) is 9.81. The number of benzene rings is 2. The summed E-state index contributed by atoms with van der Waals surface area (Å²) in [5.41, 5.74) is 1.96. The third-order valence-electron chi connectivity index (χ3n) is 6.30. The highest BCUT2D eigenvalue weighted by molar-refractivity contribution is 6.05. The molecule has 32 heavy (non-hydrogen) atoms. The fourth-order valence-corrected chi connectivity index (χ4v) is 4.71. The molecule has 2 heterocycles. The monoisotopic (exact) mass is 432 g/mol. The fourth-order valence-electron chi connectivity index (χ4n) is 4.71. The number of nitrogens with zero attached hydrogens (tertiary/aromatic N) is 1. The molecular formula is C26H28N2O4. The Hall–Kier alpha value is -3.41. The molecule has 166 valence electrons. The lowest BCUT2D eigenvalue weighted by Gasteiger charge is -2.36. The number of fused-ring (bicyclic) bond motifs is 1. The summed E-state index contributed by atoms with van der Waals surface area (Å²) >= 11 is 0. The molecule has 0 saturated carbocycles. The van der Waals surface area contributed by atoms with Gasteiger partial charge in [0.2, 0.25) is 5.56 Å². The van der Waals surface area contributed by atoms with E-state index in [4.69, 9.17) is 4.74 Å². The van der Waals surface area contributed by atoms with Crippen molar-refractivity contribution >= 4 is 22.8 Å². The molecule has 0 aliphatic carbocycles. The van der Waals surface area contributed by atoms with Crippen LogP contribution in [-0.4, -0.2) is 41.5 Å². The summed E-state index contributed by atoms with van der Waals surface area (Å²) in [5, 5.41) is 0.753. The predicted molar refractivity (Wildman–Crippen MR) is 124 cm³/mol. The third-order valence-corrected chi connectivity index (χ3v) is 6.30. The predicted octanol–water partition coefficient (Wildman–Crippen LogP) is 4.12. The fraction of sp³-hybridized carbons (Fsp3) is 0.346. The van der Waals surface area contributed by atoms with Crippen molar-refractivity contribution in [1.29, 1.82) is 0 Å². The van der Waals surface area contributed by atoms with Gasteiger partial charge in [-0.3, -0.25) is 14.4 Å². The van der Waals surface area contributed by atoms with E-state index in [1.54, 1.807) is 6.07 Å². The minimum absolute atomic E-state index is 0.0629. The van der Waals surface area contributed by atoms with Gasteiger partial charge >= 0.3 is 5.97 Å². The molecule has 1 aliphatic rings. The lowest BCUT2D eigenvalue weighted by Crippen LogP contribution is -2.40. The van der Waals surface area contributed by atoms with Crippen LogP contribution in [0.2, 0.25) is 0 Å². The van der Waals surface area contributed by atoms with E-state index in [1.807, 2.05) is 48.2 Å². The zero-order valence-corrected chi connectivity index (χ0v) is 18.3. The number of H-pyrrole nitrogens is 1. The first-order valence-electron chi connectivity index (χ1n) is 11.2. The van der Waals surface area contributed by atoms with Crippen LogP contribution in [0.5, 0.6) is 0 Å². The number of rotatable bonds is 6. The van der Waals surface area contributed by atoms with Crippen LogP contribution in [-0.2, 0) is 9.53 Å². The maximum Gasteiger partial charge on any atom is 0.306 e. The van der Waals surface area contributed by atoms with Crippen LogP contribution in [0.4, 0.5) is 0 Å². The molecule has 1 saturated heterocycles. The highest BCUT2D eigenvalue weighted by Gasteiger charge is 2.32. The second-order valence-corrected chi connectivity index (χ2v) is 8.25. The molecule has 0 bridgehead atoms. The molecule has 1 N–H and O–H groups in total. The molecular weight excluding hydrogens is 404 g/mol. The first kappa shape index (κ1) is 21.8. The van der Waals surface area contributed by atoms with Crippen LogP contribution in [0, 0.1) is 5.92 Å². The molecule has 0 radical (unpaired) electrons. The quantitative estimate of drug-likeness (QED) is 0.595. The van der Waals surface area contributed by atoms with E-state index in [0.717, 1.165) is 23.8 Å². The number of carbonyl (C=O) groups excluding carboxylic acids is 2. The number of esters is 1. The summed E-state index contributed by atoms with van der Waals surface area (Å²) in [6, 6.07) is 18.8. The second-order valence-electron chi connectivity index (χ2n) is 8.25. The molecule has 6 nitrogen and oxygen atoms in total. The summed E-state index contributed by atoms with van der Waals surface area (Å²) in [4.78, 5) is 42.2. The van der Waals surface area contributed by atoms with Gasteiger partial charge in [-0.25, -0.2) is 0 Å². The van der Waals surface area contributed by atoms with Crippen LogP contribution < -0.4 is 5.56 Å². The first-order chi connectivity index (χ1) is 15.6. The standard InChI is InChI=1S/C26H28N2O4/c1-2-32-25(30)17-21(18-8-4-3-5-9-18)19-12-14-28(15-13-19)26(31)22-16-24(29)27-23-11-7-6-10-20(22)23/h3-11,16,19,21H,2,12-15,17H2,1H3,(H,27,29)/t21-/m1/s1. The number of para-hydroxylation sites is 1. The summed E-state index contributed by atoms with van der Waals surface area (Å²) in [7, 11) is 0. The SMILES string of the molecule is CCOC(=O)C[C@H](c1ccccc1)C1CCN(C(=O)c2cc(=O)[nH]c3ccccc23)CC1. The Morgan fingerprint density at radius 2 is 1.75 bits per heavy atom. The number of hydrogen-bond donors (Lipinski definition) is 1. The van der Waals surface area contributed by atoms with Gasteiger partial charge < -0.3 is 14.6 Å². The third kappa shape index (κ3) is 4.74. The van der Waals surface area contributed by atoms with Gasteiger partial charge in [0.15, 0.2) is 0 Å². The van der Waals surface area contributed by atoms with Crippen LogP contribution in [0.25, 0.3) is 10.9 Å². The highest BCUT2D eigenvalue weighted by Crippen LogP contribution is 2.36. The lowest BCUT2D eigenvalue weighted by molar-refractivity contribution is -0.144. The average molecular weight is 433 g/mol. The largest absolute Gasteiger partial charge is 0.466 e. The maximum atomic E-state index is 13.3. The van der Waals surface area contributed by atoms with Gasteiger partial charge in [-0.1, -0.05) is 48.5 Å². The van der Waals surface area contributed by atoms with E-state index in [1.165, 1.54) is 6.07 Å². The van der Waals surface area contributed by atoms with Crippen molar-refractivity contribution in [3.63, 3.8) is 0 Å². The minimum Gasteiger partial charge on any atom is -0.466 e. The Morgan fingerprint density at radius 3 is 2.47 bits per heavy atom. The van der Waals surface area contributed by atoms with Gasteiger partial charge in [-0.05, 0) is 43.2 Å². The van der Waals surface area contributed by atoms with Crippen molar-refractivity contribution in [3.8, 4) is 0 Å². The van der Waals surface area contributed by atoms with Crippen molar-refractivity contribution in [1.82, 2.24) is 9.88 Å². The van der Waals surface area contributed by atoms with Gasteiger partial charge in [0.25, 0.3) is 5.91 Å². The summed E-state index contributed by atoms with van der Waals surface area (Å²) in [6.07, 6.45) is 1.94. The Kier molecular flexibility index (Phi) is 6.69. The molecule has 1 aromatic heterocycles. The topological polar surface area (TPSA) is 79.5 Å². The average Bonchev–Trinajstić information content (AvgIpc) is 2.82. The number of nitrogens with one attached hydrogen (secondary N) is 1. The van der Waals surface area contributed by atoms with Crippen molar-refractivity contribution in [2.75, 3.05) is 19.7 Å². The lowest BCUT2D eigenvalue weighted by atomic mass is 9.78. The van der Waals surface area contributed by atoms with E-state index in [9.17, 15) is 14.4 Å². The smallest absolute Gasteiger partial charge is 0.306 e. The van der Waals surface area contributed by atoms with Gasteiger partial charge in [0.05, 0.1) is 18.6 Å². The number of hydrogen-bond acceptors (Lipinski definition) is 4. The number of pyridine rings is 1. The number of piperidine rings is 1. The Balaban J connectivity index is 1.51. The number of carbonyl (C=O) groups is 2. The van der Waals surface area contributed by atoms with Crippen molar-refractivity contribution < 1.29 is 14.3 Å². The molecule has 0 spiro atoms. The molecule has 1 fully saturated rings. The van der Waals surface area contributed by atoms with Crippen LogP contribution in [0.1, 0.15) is 48.0 Å². The molecule has 1 aliphatic heterocycles. The maximum absolute atomic E-state index is 13.3. The van der Waals surface area contributed by atoms with E-state index in [-0.39, 0.29) is 29.3 Å². The zero-order chi connectivity index (χ0) is 22.5. The van der Waals surface area contributed by atoms with Crippen molar-refractivity contribution in [2.24, 2.45) is 5.92 Å². The number of ether oxygens (including phenoxy) is 1. The highest BCUT2D eigenvalue weighted by atomic mass is 16.5. The van der Waals surface area contributed by atoms with Gasteiger partial charge in [0, 0.05) is 30.1 Å². The molecule has 3 aromatic rings. The molecule has 1 atom stereocenters. The number of likely N-dealkylation sites (tertiary alicyclic amines) is 1. The minimum atomic E-state index is -0.277. The van der Waals surface area contributed by atoms with Crippen molar-refractivity contribution in [2.45, 2.75) is 32.1 Å². The number of amides is 1. The number of aromatic amines is 1. The summed E-state index contributed by atoms with van der Waals surface area (Å²) < 4.78 is 5.22. The van der Waals surface area contributed by atoms with Crippen molar-refractivity contribution in [3.05, 3.63) is 82.1 Å². The normalized spacial score (nSPS) is 15.5. The Bertz CT molecular complexity index is 1150. The van der Waals surface area contributed by atoms with Gasteiger partial charge in [-0.2, -0.15) is 0 Å². The van der Waals surface area contributed by atoms with Crippen LogP contribution in [0.3, 0.4) is 0 Å². The molecule has 2 aromatic carbocycles. The van der Waals surface area contributed by atoms with E-state index in [2.05, 4.69) is 17.1 Å². The van der Waals surface area contributed by atoms with Gasteiger partial charge in [0.1, 0.15) is 0 Å². The Labute approximate surface area is 187 Å². The Morgan fingerprint density at radius 1 is 1.06 bits per heavy atom. The summed E-state index contributed by atoms with van der Waals surface area (Å²) in [6.45, 7) is 3.38. The molecule has 4 rings (SSSR count). The zero-order valence-electron chi connectivity index (χ0n) is 18.3. The van der Waals surface area contributed by atoms with Crippen LogP contribution >= 0.6 is 0 Å². The van der Waals surface area contributed by atoms with E-state index < -0.39 is 0 Å². The van der Waals surface area contributed by atoms with E-state index >= 15 is 0 Å². The summed E-state index contributed by atoms with van der Waals surface area (Å²) in [5.74, 6) is 0.0388. The number of aromatic nitrogens is 1. The molecule has 0 unspecified atom stereocenters. The molecule has 6 heteroatoms. The van der Waals surface area contributed by atoms with Crippen LogP contribution in [0.15, 0.2) is 65.5 Å². The molecule has 1 amide bonds. The first-order valence-corrected chi connectivity index (χ1v) is 11.2.